The average Bonchev–Trinajstić information content (AvgIpc) is 2.96. The summed E-state index contributed by atoms with van der Waals surface area (Å²) in [4.78, 5) is 27.8. The third-order valence-electron chi connectivity index (χ3n) is 4.85. The van der Waals surface area contributed by atoms with Gasteiger partial charge in [-0.2, -0.15) is 0 Å². The Hall–Kier alpha value is -2.28. The standard InChI is InChI=1S/C18H25N3O4/c1-12(22)19-14-7-15-10-20(11-17(23)21(15)9-14)8-13-5-4-6-16(24-2)18(13)25-3/h4-6,14-15H,7-11H2,1-3H3,(H,19,22)/t14-,15-/m0/s1. The molecule has 2 heterocycles. The molecule has 1 aromatic carbocycles. The molecular weight excluding hydrogens is 322 g/mol. The third kappa shape index (κ3) is 3.71. The average molecular weight is 347 g/mol. The normalized spacial score (nSPS) is 23.3. The Bertz CT molecular complexity index is 664. The number of para-hydroxylation sites is 1. The van der Waals surface area contributed by atoms with Gasteiger partial charge in [-0.25, -0.2) is 0 Å². The second kappa shape index (κ2) is 7.31. The van der Waals surface area contributed by atoms with Gasteiger partial charge >= 0.3 is 0 Å². The van der Waals surface area contributed by atoms with E-state index >= 15 is 0 Å². The lowest BCUT2D eigenvalue weighted by molar-refractivity contribution is -0.138. The van der Waals surface area contributed by atoms with Gasteiger partial charge in [0.2, 0.25) is 11.8 Å². The Morgan fingerprint density at radius 2 is 2.08 bits per heavy atom. The van der Waals surface area contributed by atoms with Crippen LogP contribution in [0, 0.1) is 0 Å². The fourth-order valence-corrected chi connectivity index (χ4v) is 3.87. The molecule has 0 aliphatic carbocycles. The number of benzene rings is 1. The van der Waals surface area contributed by atoms with E-state index in [1.165, 1.54) is 6.92 Å². The molecule has 2 saturated heterocycles. The van der Waals surface area contributed by atoms with Crippen LogP contribution in [-0.2, 0) is 16.1 Å². The van der Waals surface area contributed by atoms with Gasteiger partial charge in [0.05, 0.1) is 20.8 Å². The molecule has 2 aliphatic heterocycles. The number of piperazine rings is 1. The number of methoxy groups -OCH3 is 2. The van der Waals surface area contributed by atoms with Crippen molar-refractivity contribution in [1.29, 1.82) is 0 Å². The summed E-state index contributed by atoms with van der Waals surface area (Å²) in [5.41, 5.74) is 1.000. The van der Waals surface area contributed by atoms with E-state index in [2.05, 4.69) is 10.2 Å². The lowest BCUT2D eigenvalue weighted by Crippen LogP contribution is -2.53. The number of carbonyl (C=O) groups is 2. The third-order valence-corrected chi connectivity index (χ3v) is 4.85. The highest BCUT2D eigenvalue weighted by Crippen LogP contribution is 2.32. The van der Waals surface area contributed by atoms with Crippen molar-refractivity contribution in [2.45, 2.75) is 32.0 Å². The van der Waals surface area contributed by atoms with E-state index in [9.17, 15) is 9.59 Å². The molecule has 136 valence electrons. The van der Waals surface area contributed by atoms with Crippen molar-refractivity contribution >= 4 is 11.8 Å². The highest BCUT2D eigenvalue weighted by atomic mass is 16.5. The van der Waals surface area contributed by atoms with E-state index < -0.39 is 0 Å². The molecule has 2 amide bonds. The van der Waals surface area contributed by atoms with Gasteiger partial charge in [-0.1, -0.05) is 12.1 Å². The maximum atomic E-state index is 12.5. The Labute approximate surface area is 147 Å². The first-order chi connectivity index (χ1) is 12.0. The molecule has 2 atom stereocenters. The lowest BCUT2D eigenvalue weighted by Gasteiger charge is -2.37. The number of nitrogens with one attached hydrogen (secondary N) is 1. The van der Waals surface area contributed by atoms with Crippen LogP contribution in [0.5, 0.6) is 11.5 Å². The van der Waals surface area contributed by atoms with E-state index in [1.54, 1.807) is 14.2 Å². The molecule has 25 heavy (non-hydrogen) atoms. The van der Waals surface area contributed by atoms with Crippen molar-refractivity contribution < 1.29 is 19.1 Å². The molecule has 0 spiro atoms. The van der Waals surface area contributed by atoms with Gasteiger partial charge < -0.3 is 19.7 Å². The minimum absolute atomic E-state index is 0.0460. The van der Waals surface area contributed by atoms with Crippen molar-refractivity contribution in [1.82, 2.24) is 15.1 Å². The van der Waals surface area contributed by atoms with Crippen LogP contribution in [0.1, 0.15) is 18.9 Å². The van der Waals surface area contributed by atoms with Crippen molar-refractivity contribution in [3.8, 4) is 11.5 Å². The topological polar surface area (TPSA) is 71.1 Å². The maximum Gasteiger partial charge on any atom is 0.237 e. The molecule has 7 nitrogen and oxygen atoms in total. The van der Waals surface area contributed by atoms with Gasteiger partial charge in [-0.3, -0.25) is 14.5 Å². The summed E-state index contributed by atoms with van der Waals surface area (Å²) in [5.74, 6) is 1.47. The fraction of sp³-hybridized carbons (Fsp3) is 0.556. The van der Waals surface area contributed by atoms with Crippen LogP contribution in [0.2, 0.25) is 0 Å². The number of ether oxygens (including phenoxy) is 2. The zero-order chi connectivity index (χ0) is 18.0. The number of amides is 2. The number of fused-ring (bicyclic) bond motifs is 1. The molecule has 0 aromatic heterocycles. The van der Waals surface area contributed by atoms with Gasteiger partial charge in [0, 0.05) is 44.2 Å². The predicted molar refractivity (Wildman–Crippen MR) is 92.5 cm³/mol. The molecule has 0 bridgehead atoms. The first-order valence-corrected chi connectivity index (χ1v) is 8.50. The SMILES string of the molecule is COc1cccc(CN2CC(=O)N3C[C@@H](NC(C)=O)C[C@H]3C2)c1OC. The van der Waals surface area contributed by atoms with Gasteiger partial charge in [-0.15, -0.1) is 0 Å². The molecule has 2 aliphatic rings. The molecule has 1 aromatic rings. The summed E-state index contributed by atoms with van der Waals surface area (Å²) in [6.45, 7) is 3.92. The number of nitrogens with zero attached hydrogens (tertiary/aromatic N) is 2. The molecule has 3 rings (SSSR count). The van der Waals surface area contributed by atoms with E-state index in [4.69, 9.17) is 9.47 Å². The van der Waals surface area contributed by atoms with E-state index in [-0.39, 0.29) is 23.9 Å². The molecule has 0 saturated carbocycles. The van der Waals surface area contributed by atoms with Crippen LogP contribution in [0.4, 0.5) is 0 Å². The zero-order valence-electron chi connectivity index (χ0n) is 14.9. The van der Waals surface area contributed by atoms with Crippen LogP contribution >= 0.6 is 0 Å². The number of carbonyl (C=O) groups excluding carboxylic acids is 2. The van der Waals surface area contributed by atoms with E-state index in [1.807, 2.05) is 23.1 Å². The molecule has 1 N–H and O–H groups in total. The maximum absolute atomic E-state index is 12.5. The van der Waals surface area contributed by atoms with Crippen molar-refractivity contribution in [2.75, 3.05) is 33.9 Å². The number of rotatable bonds is 5. The summed E-state index contributed by atoms with van der Waals surface area (Å²) in [5, 5.41) is 2.93. The van der Waals surface area contributed by atoms with Gasteiger partial charge in [-0.05, 0) is 12.5 Å². The minimum atomic E-state index is -0.0460. The van der Waals surface area contributed by atoms with Crippen molar-refractivity contribution in [3.63, 3.8) is 0 Å². The van der Waals surface area contributed by atoms with E-state index in [0.29, 0.717) is 31.1 Å². The van der Waals surface area contributed by atoms with Crippen molar-refractivity contribution in [2.24, 2.45) is 0 Å². The predicted octanol–water partition coefficient (Wildman–Crippen LogP) is 0.625. The van der Waals surface area contributed by atoms with Gasteiger partial charge in [0.25, 0.3) is 0 Å². The smallest absolute Gasteiger partial charge is 0.237 e. The lowest BCUT2D eigenvalue weighted by atomic mass is 10.1. The quantitative estimate of drug-likeness (QED) is 0.846. The fourth-order valence-electron chi connectivity index (χ4n) is 3.87. The molecule has 0 unspecified atom stereocenters. The molecule has 0 radical (unpaired) electrons. The Morgan fingerprint density at radius 3 is 2.76 bits per heavy atom. The molecular formula is C18H25N3O4. The Balaban J connectivity index is 1.70. The summed E-state index contributed by atoms with van der Waals surface area (Å²) in [6, 6.07) is 5.98. The van der Waals surface area contributed by atoms with Crippen LogP contribution in [0.15, 0.2) is 18.2 Å². The van der Waals surface area contributed by atoms with Gasteiger partial charge in [0.15, 0.2) is 11.5 Å². The minimum Gasteiger partial charge on any atom is -0.493 e. The highest BCUT2D eigenvalue weighted by molar-refractivity contribution is 5.80. The first-order valence-electron chi connectivity index (χ1n) is 8.50. The zero-order valence-corrected chi connectivity index (χ0v) is 14.9. The Morgan fingerprint density at radius 1 is 1.28 bits per heavy atom. The Kier molecular flexibility index (Phi) is 5.13. The summed E-state index contributed by atoms with van der Waals surface area (Å²) >= 11 is 0. The second-order valence-electron chi connectivity index (χ2n) is 6.66. The van der Waals surface area contributed by atoms with E-state index in [0.717, 1.165) is 18.5 Å². The van der Waals surface area contributed by atoms with Crippen LogP contribution in [0.25, 0.3) is 0 Å². The first kappa shape index (κ1) is 17.5. The summed E-state index contributed by atoms with van der Waals surface area (Å²) in [6.07, 6.45) is 0.803. The summed E-state index contributed by atoms with van der Waals surface area (Å²) < 4.78 is 10.8. The molecule has 2 fully saturated rings. The number of hydrogen-bond acceptors (Lipinski definition) is 5. The largest absolute Gasteiger partial charge is 0.493 e. The van der Waals surface area contributed by atoms with Crippen molar-refractivity contribution in [3.05, 3.63) is 23.8 Å². The summed E-state index contributed by atoms with van der Waals surface area (Å²) in [7, 11) is 3.24. The number of hydrogen-bond donors (Lipinski definition) is 1. The van der Waals surface area contributed by atoms with Crippen LogP contribution < -0.4 is 14.8 Å². The van der Waals surface area contributed by atoms with Gasteiger partial charge in [0.1, 0.15) is 0 Å². The highest BCUT2D eigenvalue weighted by Gasteiger charge is 2.40. The second-order valence-corrected chi connectivity index (χ2v) is 6.66. The van der Waals surface area contributed by atoms with Crippen LogP contribution in [0.3, 0.4) is 0 Å². The monoisotopic (exact) mass is 347 g/mol. The van der Waals surface area contributed by atoms with Crippen LogP contribution in [-0.4, -0.2) is 67.6 Å². The molecule has 7 heteroatoms.